The highest BCUT2D eigenvalue weighted by Gasteiger charge is 2.17. The minimum Gasteiger partial charge on any atom is -0.458 e. The monoisotopic (exact) mass is 300 g/mol. The quantitative estimate of drug-likeness (QED) is 0.810. The summed E-state index contributed by atoms with van der Waals surface area (Å²) >= 11 is 0. The first-order chi connectivity index (χ1) is 10.7. The maximum Gasteiger partial charge on any atom is 0.338 e. The van der Waals surface area contributed by atoms with Crippen molar-refractivity contribution in [2.24, 2.45) is 0 Å². The fraction of sp³-hybridized carbons (Fsp3) is 0.412. The Hall–Kier alpha value is -1.98. The normalized spacial score (nSPS) is 17.3. The van der Waals surface area contributed by atoms with E-state index in [1.54, 1.807) is 12.3 Å². The first kappa shape index (κ1) is 14.9. The molecule has 0 bridgehead atoms. The molecule has 0 unspecified atom stereocenters. The summed E-state index contributed by atoms with van der Waals surface area (Å²) in [5, 5.41) is 0.942. The zero-order chi connectivity index (χ0) is 15.4. The summed E-state index contributed by atoms with van der Waals surface area (Å²) in [7, 11) is 0. The molecule has 1 aromatic heterocycles. The van der Waals surface area contributed by atoms with Crippen molar-refractivity contribution in [3.63, 3.8) is 0 Å². The Morgan fingerprint density at radius 2 is 2.18 bits per heavy atom. The van der Waals surface area contributed by atoms with Gasteiger partial charge < -0.3 is 9.47 Å². The molecule has 0 spiro atoms. The molecular formula is C17H20N2O3. The molecule has 2 aromatic rings. The first-order valence-corrected chi connectivity index (χ1v) is 7.58. The highest BCUT2D eigenvalue weighted by molar-refractivity contribution is 5.94. The summed E-state index contributed by atoms with van der Waals surface area (Å²) < 4.78 is 10.9. The Bertz CT molecular complexity index is 653. The van der Waals surface area contributed by atoms with Gasteiger partial charge in [0.05, 0.1) is 24.3 Å². The number of rotatable bonds is 4. The minimum atomic E-state index is -0.286. The van der Waals surface area contributed by atoms with Crippen LogP contribution in [-0.2, 0) is 9.47 Å². The highest BCUT2D eigenvalue weighted by atomic mass is 16.5. The average molecular weight is 300 g/mol. The Labute approximate surface area is 129 Å². The van der Waals surface area contributed by atoms with Gasteiger partial charge in [0.1, 0.15) is 6.10 Å². The third-order valence-electron chi connectivity index (χ3n) is 3.77. The fourth-order valence-corrected chi connectivity index (χ4v) is 2.64. The molecule has 1 fully saturated rings. The van der Waals surface area contributed by atoms with Crippen molar-refractivity contribution in [3.8, 4) is 0 Å². The van der Waals surface area contributed by atoms with E-state index in [2.05, 4.69) is 9.88 Å². The zero-order valence-corrected chi connectivity index (χ0v) is 12.7. The van der Waals surface area contributed by atoms with Gasteiger partial charge in [-0.05, 0) is 31.2 Å². The molecule has 0 aliphatic carbocycles. The van der Waals surface area contributed by atoms with E-state index in [-0.39, 0.29) is 12.1 Å². The number of esters is 1. The lowest BCUT2D eigenvalue weighted by Gasteiger charge is -2.28. The number of carbonyl (C=O) groups is 1. The smallest absolute Gasteiger partial charge is 0.338 e. The molecule has 116 valence electrons. The van der Waals surface area contributed by atoms with Crippen LogP contribution in [0.5, 0.6) is 0 Å². The number of aromatic nitrogens is 1. The van der Waals surface area contributed by atoms with E-state index in [4.69, 9.17) is 9.47 Å². The molecule has 0 saturated carbocycles. The molecule has 1 aromatic carbocycles. The second-order valence-corrected chi connectivity index (χ2v) is 5.54. The van der Waals surface area contributed by atoms with Gasteiger partial charge in [-0.2, -0.15) is 0 Å². The van der Waals surface area contributed by atoms with Crippen molar-refractivity contribution in [3.05, 3.63) is 42.1 Å². The van der Waals surface area contributed by atoms with Gasteiger partial charge in [0.25, 0.3) is 0 Å². The van der Waals surface area contributed by atoms with Crippen LogP contribution in [0.1, 0.15) is 17.3 Å². The van der Waals surface area contributed by atoms with E-state index in [1.165, 1.54) is 0 Å². The number of pyridine rings is 1. The first-order valence-electron chi connectivity index (χ1n) is 7.58. The van der Waals surface area contributed by atoms with E-state index >= 15 is 0 Å². The van der Waals surface area contributed by atoms with Crippen molar-refractivity contribution in [1.29, 1.82) is 0 Å². The van der Waals surface area contributed by atoms with E-state index in [9.17, 15) is 4.79 Å². The molecule has 2 heterocycles. The number of hydrogen-bond donors (Lipinski definition) is 0. The number of carbonyl (C=O) groups excluding carboxylic acids is 1. The Kier molecular flexibility index (Phi) is 4.65. The predicted molar refractivity (Wildman–Crippen MR) is 83.9 cm³/mol. The molecule has 0 amide bonds. The lowest BCUT2D eigenvalue weighted by molar-refractivity contribution is 0.000456. The Morgan fingerprint density at radius 1 is 1.36 bits per heavy atom. The number of nitrogens with zero attached hydrogens (tertiary/aromatic N) is 2. The van der Waals surface area contributed by atoms with Crippen molar-refractivity contribution in [1.82, 2.24) is 9.88 Å². The Balaban J connectivity index is 1.62. The molecule has 0 N–H and O–H groups in total. The molecule has 5 heteroatoms. The summed E-state index contributed by atoms with van der Waals surface area (Å²) in [6.45, 7) is 5.95. The molecule has 1 aliphatic rings. The summed E-state index contributed by atoms with van der Waals surface area (Å²) in [5.74, 6) is -0.286. The summed E-state index contributed by atoms with van der Waals surface area (Å²) in [6.07, 6.45) is 1.60. The summed E-state index contributed by atoms with van der Waals surface area (Å²) in [4.78, 5) is 18.8. The predicted octanol–water partition coefficient (Wildman–Crippen LogP) is 2.11. The van der Waals surface area contributed by atoms with Crippen molar-refractivity contribution < 1.29 is 14.3 Å². The lowest BCUT2D eigenvalue weighted by Crippen LogP contribution is -2.41. The second kappa shape index (κ2) is 6.85. The van der Waals surface area contributed by atoms with Gasteiger partial charge in [-0.3, -0.25) is 9.88 Å². The summed E-state index contributed by atoms with van der Waals surface area (Å²) in [5.41, 5.74) is 1.44. The van der Waals surface area contributed by atoms with Gasteiger partial charge in [-0.1, -0.05) is 6.07 Å². The molecule has 1 aliphatic heterocycles. The second-order valence-electron chi connectivity index (χ2n) is 5.54. The van der Waals surface area contributed by atoms with E-state index in [0.29, 0.717) is 5.56 Å². The van der Waals surface area contributed by atoms with E-state index in [0.717, 1.165) is 43.8 Å². The molecule has 5 nitrogen and oxygen atoms in total. The third-order valence-corrected chi connectivity index (χ3v) is 3.77. The maximum atomic E-state index is 12.3. The van der Waals surface area contributed by atoms with Gasteiger partial charge in [0.15, 0.2) is 0 Å². The topological polar surface area (TPSA) is 51.7 Å². The van der Waals surface area contributed by atoms with Gasteiger partial charge >= 0.3 is 5.97 Å². The van der Waals surface area contributed by atoms with Crippen molar-refractivity contribution >= 4 is 16.9 Å². The van der Waals surface area contributed by atoms with Crippen LogP contribution in [0.25, 0.3) is 10.9 Å². The van der Waals surface area contributed by atoms with Crippen LogP contribution in [0.2, 0.25) is 0 Å². The molecular weight excluding hydrogens is 280 g/mol. The number of hydrogen-bond acceptors (Lipinski definition) is 5. The molecule has 1 saturated heterocycles. The lowest BCUT2D eigenvalue weighted by atomic mass is 10.1. The maximum absolute atomic E-state index is 12.3. The van der Waals surface area contributed by atoms with Crippen LogP contribution in [0.4, 0.5) is 0 Å². The van der Waals surface area contributed by atoms with E-state index in [1.807, 2.05) is 31.2 Å². The Morgan fingerprint density at radius 3 is 3.00 bits per heavy atom. The molecule has 1 atom stereocenters. The number of morpholine rings is 1. The van der Waals surface area contributed by atoms with Gasteiger partial charge in [-0.15, -0.1) is 0 Å². The van der Waals surface area contributed by atoms with Crippen LogP contribution in [0, 0.1) is 0 Å². The third kappa shape index (κ3) is 3.61. The number of benzene rings is 1. The zero-order valence-electron chi connectivity index (χ0n) is 12.7. The molecule has 3 rings (SSSR count). The number of fused-ring (bicyclic) bond motifs is 1. The highest BCUT2D eigenvalue weighted by Crippen LogP contribution is 2.15. The van der Waals surface area contributed by atoms with Gasteiger partial charge in [0, 0.05) is 31.2 Å². The minimum absolute atomic E-state index is 0.143. The van der Waals surface area contributed by atoms with Gasteiger partial charge in [0.2, 0.25) is 0 Å². The van der Waals surface area contributed by atoms with Gasteiger partial charge in [-0.25, -0.2) is 4.79 Å². The van der Waals surface area contributed by atoms with Crippen LogP contribution in [-0.4, -0.2) is 54.8 Å². The van der Waals surface area contributed by atoms with Crippen LogP contribution >= 0.6 is 0 Å². The number of ether oxygens (including phenoxy) is 2. The molecule has 0 radical (unpaired) electrons. The SMILES string of the molecule is C[C@@H](CN1CCOCC1)OC(=O)c1ccc2ncccc2c1. The largest absolute Gasteiger partial charge is 0.458 e. The van der Waals surface area contributed by atoms with E-state index < -0.39 is 0 Å². The molecule has 22 heavy (non-hydrogen) atoms. The van der Waals surface area contributed by atoms with Crippen molar-refractivity contribution in [2.45, 2.75) is 13.0 Å². The van der Waals surface area contributed by atoms with Crippen LogP contribution in [0.3, 0.4) is 0 Å². The standard InChI is InChI=1S/C17H20N2O3/c1-13(12-19-7-9-21-10-8-19)22-17(20)15-4-5-16-14(11-15)3-2-6-18-16/h2-6,11,13H,7-10,12H2,1H3/t13-/m0/s1. The van der Waals surface area contributed by atoms with Crippen molar-refractivity contribution in [2.75, 3.05) is 32.8 Å². The van der Waals surface area contributed by atoms with Crippen LogP contribution < -0.4 is 0 Å². The average Bonchev–Trinajstić information content (AvgIpc) is 2.55. The summed E-state index contributed by atoms with van der Waals surface area (Å²) in [6, 6.07) is 9.23. The fourth-order valence-electron chi connectivity index (χ4n) is 2.64. The van der Waals surface area contributed by atoms with Crippen LogP contribution in [0.15, 0.2) is 36.5 Å².